The molecule has 1 fully saturated rings. The SMILES string of the molecule is Nc1cc(CN2CCCC(c3ccncc3)C2)ccn1. The van der Waals surface area contributed by atoms with Crippen molar-refractivity contribution in [2.45, 2.75) is 25.3 Å². The van der Waals surface area contributed by atoms with Crippen molar-refractivity contribution >= 4 is 5.82 Å². The van der Waals surface area contributed by atoms with Gasteiger partial charge in [-0.1, -0.05) is 0 Å². The summed E-state index contributed by atoms with van der Waals surface area (Å²) in [5, 5.41) is 0. The maximum Gasteiger partial charge on any atom is 0.123 e. The molecule has 0 radical (unpaired) electrons. The molecule has 4 nitrogen and oxygen atoms in total. The highest BCUT2D eigenvalue weighted by Gasteiger charge is 2.21. The van der Waals surface area contributed by atoms with Crippen LogP contribution in [0.5, 0.6) is 0 Å². The number of likely N-dealkylation sites (tertiary alicyclic amines) is 1. The molecule has 104 valence electrons. The van der Waals surface area contributed by atoms with Crippen molar-refractivity contribution in [3.05, 3.63) is 54.0 Å². The lowest BCUT2D eigenvalue weighted by Crippen LogP contribution is -2.33. The zero-order valence-corrected chi connectivity index (χ0v) is 11.6. The number of piperidine rings is 1. The van der Waals surface area contributed by atoms with Crippen LogP contribution in [0.4, 0.5) is 5.82 Å². The van der Waals surface area contributed by atoms with Gasteiger partial charge in [-0.2, -0.15) is 0 Å². The fourth-order valence-corrected chi connectivity index (χ4v) is 2.96. The van der Waals surface area contributed by atoms with Gasteiger partial charge >= 0.3 is 0 Å². The number of pyridine rings is 2. The Bertz CT molecular complexity index is 555. The normalized spacial score (nSPS) is 19.9. The third-order valence-corrected chi connectivity index (χ3v) is 3.93. The number of anilines is 1. The minimum absolute atomic E-state index is 0.602. The van der Waals surface area contributed by atoms with Gasteiger partial charge in [0, 0.05) is 31.7 Å². The van der Waals surface area contributed by atoms with Crippen molar-refractivity contribution in [1.29, 1.82) is 0 Å². The van der Waals surface area contributed by atoms with Crippen LogP contribution in [0.3, 0.4) is 0 Å². The van der Waals surface area contributed by atoms with Gasteiger partial charge in [-0.25, -0.2) is 4.98 Å². The number of nitrogens with zero attached hydrogens (tertiary/aromatic N) is 3. The zero-order valence-electron chi connectivity index (χ0n) is 11.6. The summed E-state index contributed by atoms with van der Waals surface area (Å²) in [5.41, 5.74) is 8.39. The summed E-state index contributed by atoms with van der Waals surface area (Å²) in [5.74, 6) is 1.22. The van der Waals surface area contributed by atoms with Gasteiger partial charge in [0.25, 0.3) is 0 Å². The van der Waals surface area contributed by atoms with E-state index >= 15 is 0 Å². The van der Waals surface area contributed by atoms with Gasteiger partial charge in [0.2, 0.25) is 0 Å². The van der Waals surface area contributed by atoms with Crippen LogP contribution in [0.25, 0.3) is 0 Å². The highest BCUT2D eigenvalue weighted by atomic mass is 15.1. The molecule has 20 heavy (non-hydrogen) atoms. The minimum Gasteiger partial charge on any atom is -0.384 e. The Morgan fingerprint density at radius 3 is 2.85 bits per heavy atom. The fraction of sp³-hybridized carbons (Fsp3) is 0.375. The van der Waals surface area contributed by atoms with Crippen LogP contribution in [0.1, 0.15) is 29.9 Å². The van der Waals surface area contributed by atoms with Crippen LogP contribution in [0.2, 0.25) is 0 Å². The number of aromatic nitrogens is 2. The van der Waals surface area contributed by atoms with Crippen molar-refractivity contribution < 1.29 is 0 Å². The smallest absolute Gasteiger partial charge is 0.123 e. The molecular weight excluding hydrogens is 248 g/mol. The molecule has 4 heteroatoms. The maximum absolute atomic E-state index is 5.75. The van der Waals surface area contributed by atoms with E-state index in [0.29, 0.717) is 11.7 Å². The third kappa shape index (κ3) is 3.14. The van der Waals surface area contributed by atoms with Gasteiger partial charge in [-0.05, 0) is 60.7 Å². The first-order valence-electron chi connectivity index (χ1n) is 7.14. The van der Waals surface area contributed by atoms with E-state index in [-0.39, 0.29) is 0 Å². The van der Waals surface area contributed by atoms with Crippen LogP contribution in [0.15, 0.2) is 42.9 Å². The summed E-state index contributed by atoms with van der Waals surface area (Å²) in [6.07, 6.45) is 8.07. The lowest BCUT2D eigenvalue weighted by Gasteiger charge is -2.33. The molecule has 2 aromatic rings. The molecular formula is C16H20N4. The Balaban J connectivity index is 1.66. The van der Waals surface area contributed by atoms with E-state index in [1.165, 1.54) is 24.0 Å². The molecule has 0 aromatic carbocycles. The van der Waals surface area contributed by atoms with Crippen LogP contribution < -0.4 is 5.73 Å². The second-order valence-electron chi connectivity index (χ2n) is 5.44. The molecule has 0 amide bonds. The lowest BCUT2D eigenvalue weighted by molar-refractivity contribution is 0.200. The summed E-state index contributed by atoms with van der Waals surface area (Å²) < 4.78 is 0. The van der Waals surface area contributed by atoms with E-state index in [9.17, 15) is 0 Å². The Labute approximate surface area is 119 Å². The molecule has 2 aromatic heterocycles. The summed E-state index contributed by atoms with van der Waals surface area (Å²) in [4.78, 5) is 10.7. The molecule has 0 bridgehead atoms. The predicted molar refractivity (Wildman–Crippen MR) is 80.1 cm³/mol. The maximum atomic E-state index is 5.75. The van der Waals surface area contributed by atoms with Crippen molar-refractivity contribution in [2.24, 2.45) is 0 Å². The molecule has 3 heterocycles. The van der Waals surface area contributed by atoms with Crippen LogP contribution in [-0.2, 0) is 6.54 Å². The minimum atomic E-state index is 0.602. The molecule has 1 atom stereocenters. The van der Waals surface area contributed by atoms with Crippen molar-refractivity contribution in [2.75, 3.05) is 18.8 Å². The standard InChI is InChI=1S/C16H20N4/c17-16-10-13(3-8-19-16)11-20-9-1-2-15(12-20)14-4-6-18-7-5-14/h3-8,10,15H,1-2,9,11-12H2,(H2,17,19). The van der Waals surface area contributed by atoms with E-state index in [1.807, 2.05) is 24.5 Å². The number of nitrogens with two attached hydrogens (primary N) is 1. The van der Waals surface area contributed by atoms with Crippen LogP contribution >= 0.6 is 0 Å². The summed E-state index contributed by atoms with van der Waals surface area (Å²) in [6, 6.07) is 8.29. The van der Waals surface area contributed by atoms with Gasteiger partial charge in [0.1, 0.15) is 5.82 Å². The molecule has 1 aliphatic heterocycles. The molecule has 1 aliphatic rings. The Hall–Kier alpha value is -1.94. The van der Waals surface area contributed by atoms with Gasteiger partial charge in [0.05, 0.1) is 0 Å². The largest absolute Gasteiger partial charge is 0.384 e. The molecule has 1 unspecified atom stereocenters. The van der Waals surface area contributed by atoms with Crippen LogP contribution in [-0.4, -0.2) is 28.0 Å². The third-order valence-electron chi connectivity index (χ3n) is 3.93. The first kappa shape index (κ1) is 13.1. The average molecular weight is 268 g/mol. The molecule has 0 spiro atoms. The topological polar surface area (TPSA) is 55.0 Å². The second-order valence-corrected chi connectivity index (χ2v) is 5.44. The van der Waals surface area contributed by atoms with Gasteiger partial charge < -0.3 is 5.73 Å². The molecule has 0 saturated carbocycles. The predicted octanol–water partition coefficient (Wildman–Crippen LogP) is 2.44. The Morgan fingerprint density at radius 2 is 2.05 bits per heavy atom. The molecule has 0 aliphatic carbocycles. The first-order valence-corrected chi connectivity index (χ1v) is 7.14. The quantitative estimate of drug-likeness (QED) is 0.929. The summed E-state index contributed by atoms with van der Waals surface area (Å²) in [7, 11) is 0. The summed E-state index contributed by atoms with van der Waals surface area (Å²) >= 11 is 0. The number of hydrogen-bond donors (Lipinski definition) is 1. The van der Waals surface area contributed by atoms with Crippen molar-refractivity contribution in [3.63, 3.8) is 0 Å². The van der Waals surface area contributed by atoms with Crippen molar-refractivity contribution in [3.8, 4) is 0 Å². The molecule has 2 N–H and O–H groups in total. The zero-order chi connectivity index (χ0) is 13.8. The average Bonchev–Trinajstić information content (AvgIpc) is 2.48. The highest BCUT2D eigenvalue weighted by Crippen LogP contribution is 2.27. The summed E-state index contributed by atoms with van der Waals surface area (Å²) in [6.45, 7) is 3.21. The van der Waals surface area contributed by atoms with Gasteiger partial charge in [-0.15, -0.1) is 0 Å². The monoisotopic (exact) mass is 268 g/mol. The van der Waals surface area contributed by atoms with Gasteiger partial charge in [0.15, 0.2) is 0 Å². The van der Waals surface area contributed by atoms with E-state index in [2.05, 4.69) is 27.0 Å². The lowest BCUT2D eigenvalue weighted by atomic mass is 9.91. The number of rotatable bonds is 3. The Morgan fingerprint density at radius 1 is 1.20 bits per heavy atom. The van der Waals surface area contributed by atoms with E-state index in [4.69, 9.17) is 5.73 Å². The van der Waals surface area contributed by atoms with Crippen LogP contribution in [0, 0.1) is 0 Å². The molecule has 1 saturated heterocycles. The number of nitrogen functional groups attached to an aromatic ring is 1. The fourth-order valence-electron chi connectivity index (χ4n) is 2.96. The van der Waals surface area contributed by atoms with E-state index in [1.54, 1.807) is 6.20 Å². The Kier molecular flexibility index (Phi) is 3.92. The number of hydrogen-bond acceptors (Lipinski definition) is 4. The first-order chi connectivity index (χ1) is 9.81. The molecule has 3 rings (SSSR count). The van der Waals surface area contributed by atoms with E-state index in [0.717, 1.165) is 19.6 Å². The van der Waals surface area contributed by atoms with Gasteiger partial charge in [-0.3, -0.25) is 9.88 Å². The van der Waals surface area contributed by atoms with E-state index < -0.39 is 0 Å². The van der Waals surface area contributed by atoms with Crippen molar-refractivity contribution in [1.82, 2.24) is 14.9 Å². The highest BCUT2D eigenvalue weighted by molar-refractivity contribution is 5.31. The second kappa shape index (κ2) is 6.01.